The van der Waals surface area contributed by atoms with Gasteiger partial charge in [0.25, 0.3) is 11.8 Å². The zero-order chi connectivity index (χ0) is 24.8. The van der Waals surface area contributed by atoms with Crippen LogP contribution in [-0.4, -0.2) is 60.7 Å². The van der Waals surface area contributed by atoms with Crippen LogP contribution in [0, 0.1) is 0 Å². The number of alkyl carbamates (subject to hydrolysis) is 1. The van der Waals surface area contributed by atoms with Crippen molar-refractivity contribution < 1.29 is 28.7 Å². The van der Waals surface area contributed by atoms with E-state index < -0.39 is 29.5 Å². The van der Waals surface area contributed by atoms with E-state index in [1.54, 1.807) is 26.2 Å². The van der Waals surface area contributed by atoms with Crippen molar-refractivity contribution in [1.29, 1.82) is 0 Å². The van der Waals surface area contributed by atoms with Crippen molar-refractivity contribution in [2.45, 2.75) is 45.3 Å². The lowest BCUT2D eigenvalue weighted by Crippen LogP contribution is -2.49. The van der Waals surface area contributed by atoms with Gasteiger partial charge in [-0.25, -0.2) is 14.6 Å². The van der Waals surface area contributed by atoms with Crippen LogP contribution in [0.3, 0.4) is 0 Å². The maximum absolute atomic E-state index is 12.5. The van der Waals surface area contributed by atoms with Crippen LogP contribution >= 0.6 is 11.3 Å². The summed E-state index contributed by atoms with van der Waals surface area (Å²) in [6.45, 7) is 13.5. The first-order valence-electron chi connectivity index (χ1n) is 10.2. The number of aromatic nitrogens is 1. The predicted octanol–water partition coefficient (Wildman–Crippen LogP) is 1.68. The van der Waals surface area contributed by atoms with E-state index in [1.165, 1.54) is 11.3 Å². The third-order valence-electron chi connectivity index (χ3n) is 4.37. The Balaban J connectivity index is 1.92. The van der Waals surface area contributed by atoms with Crippen molar-refractivity contribution in [3.05, 3.63) is 35.6 Å². The standard InChI is InChI=1S/C21H29N5O6S/c1-12(16(27)23-13(2)18(29)31-6)22-17(28)15-11-33-19(25-15)26-9-7-8-14(10-26)24-20(30)32-21(3,4)5/h11,14H,1-2,7-10H2,3-6H3,(H,22,28)(H,23,27)(H,24,30)/t14-/m0/s1. The van der Waals surface area contributed by atoms with E-state index in [4.69, 9.17) is 4.74 Å². The predicted molar refractivity (Wildman–Crippen MR) is 123 cm³/mol. The van der Waals surface area contributed by atoms with Crippen LogP contribution in [0.4, 0.5) is 9.93 Å². The van der Waals surface area contributed by atoms with E-state index in [1.807, 2.05) is 4.90 Å². The molecule has 0 radical (unpaired) electrons. The largest absolute Gasteiger partial charge is 0.464 e. The summed E-state index contributed by atoms with van der Waals surface area (Å²) in [5.74, 6) is -2.24. The minimum Gasteiger partial charge on any atom is -0.464 e. The molecule has 1 aromatic heterocycles. The molecule has 33 heavy (non-hydrogen) atoms. The number of nitrogens with zero attached hydrogens (tertiary/aromatic N) is 2. The summed E-state index contributed by atoms with van der Waals surface area (Å²) in [4.78, 5) is 54.2. The summed E-state index contributed by atoms with van der Waals surface area (Å²) in [5.41, 5.74) is -1.03. The number of nitrogens with one attached hydrogen (secondary N) is 3. The number of rotatable bonds is 7. The van der Waals surface area contributed by atoms with Gasteiger partial charge >= 0.3 is 12.1 Å². The Bertz CT molecular complexity index is 951. The third-order valence-corrected chi connectivity index (χ3v) is 5.27. The molecular formula is C21H29N5O6S. The van der Waals surface area contributed by atoms with Gasteiger partial charge in [0.15, 0.2) is 5.13 Å². The zero-order valence-corrected chi connectivity index (χ0v) is 20.0. The molecule has 11 nitrogen and oxygen atoms in total. The van der Waals surface area contributed by atoms with Crippen molar-refractivity contribution in [2.24, 2.45) is 0 Å². The number of ether oxygens (including phenoxy) is 2. The molecule has 0 spiro atoms. The van der Waals surface area contributed by atoms with Crippen LogP contribution in [0.15, 0.2) is 29.9 Å². The summed E-state index contributed by atoms with van der Waals surface area (Å²) < 4.78 is 9.75. The lowest BCUT2D eigenvalue weighted by Gasteiger charge is -2.33. The molecule has 1 fully saturated rings. The Morgan fingerprint density at radius 2 is 1.88 bits per heavy atom. The number of methoxy groups -OCH3 is 1. The first-order valence-corrected chi connectivity index (χ1v) is 11.1. The van der Waals surface area contributed by atoms with E-state index in [9.17, 15) is 19.2 Å². The van der Waals surface area contributed by atoms with Crippen molar-refractivity contribution in [2.75, 3.05) is 25.1 Å². The molecule has 3 amide bonds. The fraction of sp³-hybridized carbons (Fsp3) is 0.476. The van der Waals surface area contributed by atoms with Gasteiger partial charge in [-0.05, 0) is 33.6 Å². The summed E-state index contributed by atoms with van der Waals surface area (Å²) in [7, 11) is 1.15. The molecule has 0 aromatic carbocycles. The quantitative estimate of drug-likeness (QED) is 0.397. The van der Waals surface area contributed by atoms with Gasteiger partial charge in [-0.3, -0.25) is 9.59 Å². The topological polar surface area (TPSA) is 139 Å². The normalized spacial score (nSPS) is 15.8. The van der Waals surface area contributed by atoms with E-state index >= 15 is 0 Å². The molecule has 2 rings (SSSR count). The summed E-state index contributed by atoms with van der Waals surface area (Å²) >= 11 is 1.27. The molecule has 12 heteroatoms. The molecule has 1 saturated heterocycles. The molecule has 2 heterocycles. The molecule has 1 aromatic rings. The van der Waals surface area contributed by atoms with Crippen molar-refractivity contribution in [1.82, 2.24) is 20.9 Å². The van der Waals surface area contributed by atoms with E-state index in [2.05, 4.69) is 38.8 Å². The molecule has 0 bridgehead atoms. The Labute approximate surface area is 196 Å². The minimum absolute atomic E-state index is 0.109. The van der Waals surface area contributed by atoms with E-state index in [0.717, 1.165) is 26.5 Å². The SMILES string of the molecule is C=C(NC(=O)c1csc(N2CCC[C@H](NC(=O)OC(C)(C)C)C2)n1)C(=O)NC(=C)C(=O)OC. The Morgan fingerprint density at radius 3 is 2.52 bits per heavy atom. The zero-order valence-electron chi connectivity index (χ0n) is 19.1. The van der Waals surface area contributed by atoms with Gasteiger partial charge in [-0.2, -0.15) is 0 Å². The molecule has 3 N–H and O–H groups in total. The second-order valence-electron chi connectivity index (χ2n) is 8.30. The van der Waals surface area contributed by atoms with Crippen LogP contribution in [0.2, 0.25) is 0 Å². The number of hydrogen-bond donors (Lipinski definition) is 3. The molecule has 0 aliphatic carbocycles. The molecular weight excluding hydrogens is 450 g/mol. The van der Waals surface area contributed by atoms with Gasteiger partial charge in [0.1, 0.15) is 17.0 Å². The highest BCUT2D eigenvalue weighted by atomic mass is 32.1. The van der Waals surface area contributed by atoms with Gasteiger partial charge in [-0.1, -0.05) is 13.2 Å². The lowest BCUT2D eigenvalue weighted by molar-refractivity contribution is -0.137. The molecule has 180 valence electrons. The molecule has 1 aliphatic heterocycles. The lowest BCUT2D eigenvalue weighted by atomic mass is 10.1. The number of amides is 3. The van der Waals surface area contributed by atoms with Crippen molar-refractivity contribution in [3.8, 4) is 0 Å². The molecule has 1 atom stereocenters. The molecule has 1 aliphatic rings. The highest BCUT2D eigenvalue weighted by molar-refractivity contribution is 7.13. The maximum atomic E-state index is 12.5. The van der Waals surface area contributed by atoms with Crippen molar-refractivity contribution in [3.63, 3.8) is 0 Å². The first-order chi connectivity index (χ1) is 15.4. The smallest absolute Gasteiger partial charge is 0.407 e. The van der Waals surface area contributed by atoms with Gasteiger partial charge in [-0.15, -0.1) is 11.3 Å². The number of piperidine rings is 1. The van der Waals surface area contributed by atoms with Crippen LogP contribution in [0.1, 0.15) is 44.1 Å². The summed E-state index contributed by atoms with van der Waals surface area (Å²) in [6.07, 6.45) is 1.17. The number of hydrogen-bond acceptors (Lipinski definition) is 9. The summed E-state index contributed by atoms with van der Waals surface area (Å²) in [6, 6.07) is -0.110. The number of carbonyl (C=O) groups excluding carboxylic acids is 4. The number of carbonyl (C=O) groups is 4. The van der Waals surface area contributed by atoms with Crippen LogP contribution in [0.5, 0.6) is 0 Å². The second kappa shape index (κ2) is 10.9. The van der Waals surface area contributed by atoms with E-state index in [-0.39, 0.29) is 23.1 Å². The van der Waals surface area contributed by atoms with E-state index in [0.29, 0.717) is 11.7 Å². The number of thiazole rings is 1. The third kappa shape index (κ3) is 7.90. The fourth-order valence-electron chi connectivity index (χ4n) is 2.90. The Hall–Kier alpha value is -3.41. The Kier molecular flexibility index (Phi) is 8.57. The maximum Gasteiger partial charge on any atom is 0.407 e. The van der Waals surface area contributed by atoms with Gasteiger partial charge in [0, 0.05) is 24.5 Å². The minimum atomic E-state index is -0.812. The first kappa shape index (κ1) is 25.8. The average Bonchev–Trinajstić information content (AvgIpc) is 3.22. The average molecular weight is 480 g/mol. The fourth-order valence-corrected chi connectivity index (χ4v) is 3.74. The van der Waals surface area contributed by atoms with Crippen LogP contribution in [-0.2, 0) is 19.1 Å². The highest BCUT2D eigenvalue weighted by Crippen LogP contribution is 2.24. The highest BCUT2D eigenvalue weighted by Gasteiger charge is 2.26. The molecule has 0 saturated carbocycles. The van der Waals surface area contributed by atoms with Gasteiger partial charge in [0.2, 0.25) is 0 Å². The summed E-state index contributed by atoms with van der Waals surface area (Å²) in [5, 5.41) is 9.58. The second-order valence-corrected chi connectivity index (χ2v) is 9.14. The number of anilines is 1. The Morgan fingerprint density at radius 1 is 1.18 bits per heavy atom. The van der Waals surface area contributed by atoms with Crippen molar-refractivity contribution >= 4 is 40.3 Å². The van der Waals surface area contributed by atoms with Gasteiger partial charge < -0.3 is 30.3 Å². The molecule has 0 unspecified atom stereocenters. The number of esters is 1. The monoisotopic (exact) mass is 479 g/mol. The van der Waals surface area contributed by atoms with Crippen LogP contribution in [0.25, 0.3) is 0 Å². The van der Waals surface area contributed by atoms with Gasteiger partial charge in [0.05, 0.1) is 12.8 Å². The van der Waals surface area contributed by atoms with Crippen LogP contribution < -0.4 is 20.9 Å².